The second-order valence-corrected chi connectivity index (χ2v) is 11.8. The van der Waals surface area contributed by atoms with Gasteiger partial charge in [0.15, 0.2) is 0 Å². The van der Waals surface area contributed by atoms with Gasteiger partial charge in [0.1, 0.15) is 0 Å². The third kappa shape index (κ3) is 3.34. The van der Waals surface area contributed by atoms with Gasteiger partial charge in [0.25, 0.3) is 0 Å². The van der Waals surface area contributed by atoms with E-state index >= 15 is 0 Å². The zero-order valence-electron chi connectivity index (χ0n) is 19.1. The molecule has 28 heavy (non-hydrogen) atoms. The summed E-state index contributed by atoms with van der Waals surface area (Å²) in [6, 6.07) is 0. The Balaban J connectivity index is 1.52. The molecule has 2 fully saturated rings. The number of aliphatic hydroxyl groups is 1. The van der Waals surface area contributed by atoms with E-state index in [1.54, 1.807) is 0 Å². The molecule has 0 saturated heterocycles. The minimum Gasteiger partial charge on any atom is -0.389 e. The maximum absolute atomic E-state index is 10.1. The highest BCUT2D eigenvalue weighted by atomic mass is 16.3. The van der Waals surface area contributed by atoms with Crippen LogP contribution in [-0.4, -0.2) is 11.2 Å². The molecule has 1 nitrogen and oxygen atoms in total. The molecule has 1 heteroatoms. The monoisotopic (exact) mass is 384 g/mol. The van der Waals surface area contributed by atoms with Crippen molar-refractivity contribution in [2.24, 2.45) is 46.3 Å². The van der Waals surface area contributed by atoms with Gasteiger partial charge in [-0.2, -0.15) is 0 Å². The maximum Gasteiger partial charge on any atom is 0.0727 e. The van der Waals surface area contributed by atoms with Gasteiger partial charge in [-0.1, -0.05) is 72.1 Å². The van der Waals surface area contributed by atoms with Crippen LogP contribution in [0.2, 0.25) is 0 Å². The van der Waals surface area contributed by atoms with E-state index in [-0.39, 0.29) is 6.10 Å². The van der Waals surface area contributed by atoms with Gasteiger partial charge in [-0.05, 0) is 90.4 Å². The molecule has 0 aliphatic heterocycles. The minimum atomic E-state index is -0.222. The van der Waals surface area contributed by atoms with Gasteiger partial charge in [0, 0.05) is 0 Å². The topological polar surface area (TPSA) is 20.2 Å². The summed E-state index contributed by atoms with van der Waals surface area (Å²) in [5, 5.41) is 10.1. The Morgan fingerprint density at radius 1 is 1.00 bits per heavy atom. The van der Waals surface area contributed by atoms with Crippen molar-refractivity contribution in [2.75, 3.05) is 0 Å². The van der Waals surface area contributed by atoms with Gasteiger partial charge in [-0.25, -0.2) is 0 Å². The van der Waals surface area contributed by atoms with Crippen molar-refractivity contribution in [2.45, 2.75) is 98.5 Å². The Morgan fingerprint density at radius 3 is 2.54 bits per heavy atom. The van der Waals surface area contributed by atoms with Crippen molar-refractivity contribution in [3.63, 3.8) is 0 Å². The van der Waals surface area contributed by atoms with Crippen LogP contribution in [0.3, 0.4) is 0 Å². The first-order valence-corrected chi connectivity index (χ1v) is 12.3. The van der Waals surface area contributed by atoms with E-state index in [1.165, 1.54) is 56.9 Å². The highest BCUT2D eigenvalue weighted by Crippen LogP contribution is 2.66. The number of hydrogen-bond donors (Lipinski definition) is 1. The first-order chi connectivity index (χ1) is 13.3. The summed E-state index contributed by atoms with van der Waals surface area (Å²) in [6.07, 6.45) is 19.0. The molecule has 1 unspecified atom stereocenters. The van der Waals surface area contributed by atoms with Crippen LogP contribution in [0.1, 0.15) is 92.4 Å². The van der Waals surface area contributed by atoms with Crippen LogP contribution in [0.5, 0.6) is 0 Å². The van der Waals surface area contributed by atoms with Gasteiger partial charge in [0.05, 0.1) is 6.10 Å². The van der Waals surface area contributed by atoms with Gasteiger partial charge < -0.3 is 5.11 Å². The Hall–Kier alpha value is -0.560. The van der Waals surface area contributed by atoms with E-state index in [2.05, 4.69) is 52.8 Å². The van der Waals surface area contributed by atoms with Crippen LogP contribution < -0.4 is 0 Å². The van der Waals surface area contributed by atoms with E-state index in [1.807, 2.05) is 0 Å². The average Bonchev–Trinajstić information content (AvgIpc) is 2.99. The largest absolute Gasteiger partial charge is 0.389 e. The third-order valence-corrected chi connectivity index (χ3v) is 9.84. The van der Waals surface area contributed by atoms with Crippen LogP contribution in [0, 0.1) is 46.3 Å². The number of allylic oxidation sites excluding steroid dienone is 3. The lowest BCUT2D eigenvalue weighted by atomic mass is 9.48. The van der Waals surface area contributed by atoms with E-state index in [0.717, 1.165) is 41.9 Å². The molecule has 0 radical (unpaired) electrons. The molecule has 1 N–H and O–H groups in total. The van der Waals surface area contributed by atoms with Gasteiger partial charge in [0.2, 0.25) is 0 Å². The highest BCUT2D eigenvalue weighted by Gasteiger charge is 2.58. The van der Waals surface area contributed by atoms with Crippen molar-refractivity contribution in [3.8, 4) is 0 Å². The molecule has 0 aromatic rings. The van der Waals surface area contributed by atoms with Gasteiger partial charge in [-0.15, -0.1) is 0 Å². The van der Waals surface area contributed by atoms with Crippen molar-refractivity contribution >= 4 is 0 Å². The number of hydrogen-bond acceptors (Lipinski definition) is 1. The van der Waals surface area contributed by atoms with E-state index in [0.29, 0.717) is 10.8 Å². The number of fused-ring (bicyclic) bond motifs is 5. The fraction of sp³-hybridized carbons (Fsp3) is 0.852. The molecule has 0 heterocycles. The molecule has 8 atom stereocenters. The summed E-state index contributed by atoms with van der Waals surface area (Å²) in [7, 11) is 0. The lowest BCUT2D eigenvalue weighted by Crippen LogP contribution is -2.49. The molecule has 158 valence electrons. The van der Waals surface area contributed by atoms with Gasteiger partial charge in [-0.3, -0.25) is 0 Å². The SMILES string of the molecule is CC(C)CCCC(C)[C@H]1CC[C@H]2[C@@H]3C=CC4=C[C@@H](O)CC[C@]4(C)[C@H]3CC[C@]12C. The summed E-state index contributed by atoms with van der Waals surface area (Å²) < 4.78 is 0. The van der Waals surface area contributed by atoms with Crippen LogP contribution in [-0.2, 0) is 0 Å². The van der Waals surface area contributed by atoms with E-state index in [9.17, 15) is 5.11 Å². The molecule has 0 spiro atoms. The molecular weight excluding hydrogens is 340 g/mol. The second kappa shape index (κ2) is 7.60. The Bertz CT molecular complexity index is 630. The fourth-order valence-corrected chi connectivity index (χ4v) is 8.16. The van der Waals surface area contributed by atoms with Crippen molar-refractivity contribution in [1.82, 2.24) is 0 Å². The molecule has 2 saturated carbocycles. The van der Waals surface area contributed by atoms with Crippen molar-refractivity contribution in [3.05, 3.63) is 23.8 Å². The molecule has 4 rings (SSSR count). The lowest BCUT2D eigenvalue weighted by molar-refractivity contribution is -0.0300. The smallest absolute Gasteiger partial charge is 0.0727 e. The number of aliphatic hydroxyl groups excluding tert-OH is 1. The molecule has 0 amide bonds. The zero-order chi connectivity index (χ0) is 20.1. The quantitative estimate of drug-likeness (QED) is 0.533. The molecule has 4 aliphatic rings. The highest BCUT2D eigenvalue weighted by molar-refractivity contribution is 5.36. The molecule has 4 aliphatic carbocycles. The van der Waals surface area contributed by atoms with E-state index < -0.39 is 0 Å². The second-order valence-electron chi connectivity index (χ2n) is 11.8. The Labute approximate surface area is 174 Å². The van der Waals surface area contributed by atoms with Crippen LogP contribution in [0.15, 0.2) is 23.8 Å². The van der Waals surface area contributed by atoms with Crippen LogP contribution >= 0.6 is 0 Å². The van der Waals surface area contributed by atoms with Crippen molar-refractivity contribution in [1.29, 1.82) is 0 Å². The maximum atomic E-state index is 10.1. The fourth-order valence-electron chi connectivity index (χ4n) is 8.16. The summed E-state index contributed by atoms with van der Waals surface area (Å²) in [6.45, 7) is 12.5. The van der Waals surface area contributed by atoms with Crippen molar-refractivity contribution < 1.29 is 5.11 Å². The average molecular weight is 385 g/mol. The molecular formula is C27H44O. The van der Waals surface area contributed by atoms with Crippen LogP contribution in [0.25, 0.3) is 0 Å². The zero-order valence-corrected chi connectivity index (χ0v) is 19.1. The molecule has 0 bridgehead atoms. The van der Waals surface area contributed by atoms with E-state index in [4.69, 9.17) is 0 Å². The predicted molar refractivity (Wildman–Crippen MR) is 119 cm³/mol. The molecule has 0 aromatic carbocycles. The molecule has 0 aromatic heterocycles. The summed E-state index contributed by atoms with van der Waals surface area (Å²) in [4.78, 5) is 0. The first-order valence-electron chi connectivity index (χ1n) is 12.3. The summed E-state index contributed by atoms with van der Waals surface area (Å²) in [5.74, 6) is 5.10. The summed E-state index contributed by atoms with van der Waals surface area (Å²) in [5.41, 5.74) is 2.29. The number of rotatable bonds is 5. The standard InChI is InChI=1S/C27H44O/c1-18(2)7-6-8-19(3)23-11-12-24-22-10-9-20-17-21(28)13-15-26(20,4)25(22)14-16-27(23,24)5/h9-10,17-19,21-25,28H,6-8,11-16H2,1-5H3/t19?,21-,22-,23+,24-,25-,26-,27+/m0/s1. The first kappa shape index (κ1) is 20.7. The lowest BCUT2D eigenvalue weighted by Gasteiger charge is -2.57. The summed E-state index contributed by atoms with van der Waals surface area (Å²) >= 11 is 0. The van der Waals surface area contributed by atoms with Gasteiger partial charge >= 0.3 is 0 Å². The normalized spacial score (nSPS) is 46.0. The Kier molecular flexibility index (Phi) is 5.62. The van der Waals surface area contributed by atoms with Crippen LogP contribution in [0.4, 0.5) is 0 Å². The third-order valence-electron chi connectivity index (χ3n) is 9.84. The predicted octanol–water partition coefficient (Wildman–Crippen LogP) is 7.16. The minimum absolute atomic E-state index is 0.222. The Morgan fingerprint density at radius 2 is 1.79 bits per heavy atom.